The van der Waals surface area contributed by atoms with Crippen LogP contribution in [-0.4, -0.2) is 19.9 Å². The van der Waals surface area contributed by atoms with Crippen LogP contribution in [0.15, 0.2) is 18.5 Å². The third-order valence-electron chi connectivity index (χ3n) is 1.91. The summed E-state index contributed by atoms with van der Waals surface area (Å²) in [6.07, 6.45) is 3.09. The second kappa shape index (κ2) is 5.54. The molecule has 0 atom stereocenters. The van der Waals surface area contributed by atoms with E-state index in [0.29, 0.717) is 17.5 Å². The van der Waals surface area contributed by atoms with Gasteiger partial charge in [-0.2, -0.15) is 0 Å². The average molecular weight is 362 g/mol. The van der Waals surface area contributed by atoms with E-state index < -0.39 is 0 Å². The first-order valence-corrected chi connectivity index (χ1v) is 6.30. The Hall–Kier alpha value is -1.02. The van der Waals surface area contributed by atoms with Gasteiger partial charge in [0.25, 0.3) is 0 Å². The second-order valence-electron chi connectivity index (χ2n) is 3.31. The standard InChI is InChI=1S/C10H9ClIN5/c1-6-16-8(2-9(12)17-6)5-15-10-13-3-7(11)4-14-10/h2-4H,5H2,1H3,(H,13,14,15). The quantitative estimate of drug-likeness (QED) is 0.672. The molecule has 0 radical (unpaired) electrons. The molecule has 0 aliphatic rings. The zero-order valence-corrected chi connectivity index (χ0v) is 11.9. The summed E-state index contributed by atoms with van der Waals surface area (Å²) >= 11 is 7.86. The fraction of sp³-hybridized carbons (Fsp3) is 0.200. The van der Waals surface area contributed by atoms with E-state index in [0.717, 1.165) is 15.2 Å². The second-order valence-corrected chi connectivity index (χ2v) is 4.85. The van der Waals surface area contributed by atoms with E-state index in [1.165, 1.54) is 0 Å². The van der Waals surface area contributed by atoms with Crippen molar-refractivity contribution in [1.82, 2.24) is 19.9 Å². The first kappa shape index (κ1) is 12.4. The fourth-order valence-corrected chi connectivity index (χ4v) is 2.06. The summed E-state index contributed by atoms with van der Waals surface area (Å²) in [7, 11) is 0. The van der Waals surface area contributed by atoms with E-state index in [4.69, 9.17) is 11.6 Å². The number of halogens is 2. The molecule has 1 N–H and O–H groups in total. The minimum Gasteiger partial charge on any atom is -0.349 e. The Balaban J connectivity index is 2.04. The van der Waals surface area contributed by atoms with E-state index in [1.54, 1.807) is 12.4 Å². The van der Waals surface area contributed by atoms with E-state index in [-0.39, 0.29) is 0 Å². The van der Waals surface area contributed by atoms with Crippen molar-refractivity contribution in [2.45, 2.75) is 13.5 Å². The molecule has 0 saturated heterocycles. The molecule has 0 fully saturated rings. The van der Waals surface area contributed by atoms with Crippen molar-refractivity contribution < 1.29 is 0 Å². The van der Waals surface area contributed by atoms with E-state index in [1.807, 2.05) is 13.0 Å². The molecule has 0 amide bonds. The Labute approximate surface area is 117 Å². The highest BCUT2D eigenvalue weighted by atomic mass is 127. The molecule has 7 heteroatoms. The van der Waals surface area contributed by atoms with Crippen LogP contribution in [-0.2, 0) is 6.54 Å². The van der Waals surface area contributed by atoms with Crippen molar-refractivity contribution in [2.24, 2.45) is 0 Å². The van der Waals surface area contributed by atoms with Gasteiger partial charge in [0.1, 0.15) is 9.53 Å². The van der Waals surface area contributed by atoms with Crippen LogP contribution in [0, 0.1) is 10.6 Å². The van der Waals surface area contributed by atoms with Gasteiger partial charge in [-0.05, 0) is 35.6 Å². The van der Waals surface area contributed by atoms with Crippen LogP contribution in [0.5, 0.6) is 0 Å². The first-order valence-electron chi connectivity index (χ1n) is 4.85. The summed E-state index contributed by atoms with van der Waals surface area (Å²) in [4.78, 5) is 16.6. The van der Waals surface area contributed by atoms with Gasteiger partial charge in [0, 0.05) is 0 Å². The van der Waals surface area contributed by atoms with Crippen LogP contribution in [0.4, 0.5) is 5.95 Å². The number of rotatable bonds is 3. The number of hydrogen-bond donors (Lipinski definition) is 1. The van der Waals surface area contributed by atoms with Crippen molar-refractivity contribution in [3.8, 4) is 0 Å². The zero-order chi connectivity index (χ0) is 12.3. The molecule has 0 spiro atoms. The van der Waals surface area contributed by atoms with Gasteiger partial charge in [0.2, 0.25) is 5.95 Å². The fourth-order valence-electron chi connectivity index (χ4n) is 1.25. The third-order valence-corrected chi connectivity index (χ3v) is 2.66. The monoisotopic (exact) mass is 361 g/mol. The van der Waals surface area contributed by atoms with Gasteiger partial charge < -0.3 is 5.32 Å². The Morgan fingerprint density at radius 3 is 2.65 bits per heavy atom. The van der Waals surface area contributed by atoms with E-state index in [9.17, 15) is 0 Å². The lowest BCUT2D eigenvalue weighted by molar-refractivity contribution is 0.929. The van der Waals surface area contributed by atoms with Gasteiger partial charge in [-0.3, -0.25) is 0 Å². The normalized spacial score (nSPS) is 10.3. The van der Waals surface area contributed by atoms with Crippen molar-refractivity contribution >= 4 is 40.1 Å². The molecule has 2 aromatic heterocycles. The van der Waals surface area contributed by atoms with Gasteiger partial charge in [-0.1, -0.05) is 11.6 Å². The van der Waals surface area contributed by atoms with Crippen molar-refractivity contribution in [3.05, 3.63) is 38.7 Å². The smallest absolute Gasteiger partial charge is 0.222 e. The predicted octanol–water partition coefficient (Wildman–Crippen LogP) is 2.45. The van der Waals surface area contributed by atoms with Crippen molar-refractivity contribution in [3.63, 3.8) is 0 Å². The Morgan fingerprint density at radius 2 is 2.00 bits per heavy atom. The van der Waals surface area contributed by atoms with E-state index >= 15 is 0 Å². The molecule has 0 saturated carbocycles. The molecule has 0 unspecified atom stereocenters. The number of nitrogens with one attached hydrogen (secondary N) is 1. The molecule has 0 bridgehead atoms. The first-order chi connectivity index (χ1) is 8.13. The SMILES string of the molecule is Cc1nc(I)cc(CNc2ncc(Cl)cn2)n1. The molecule has 2 heterocycles. The molecule has 0 aromatic carbocycles. The molecule has 0 aliphatic heterocycles. The third kappa shape index (κ3) is 3.74. The Bertz CT molecular complexity index is 496. The Kier molecular flexibility index (Phi) is 4.06. The minimum atomic E-state index is 0.517. The highest BCUT2D eigenvalue weighted by molar-refractivity contribution is 14.1. The average Bonchev–Trinajstić information content (AvgIpc) is 2.27. The van der Waals surface area contributed by atoms with Crippen molar-refractivity contribution in [1.29, 1.82) is 0 Å². The summed E-state index contributed by atoms with van der Waals surface area (Å²) in [6, 6.07) is 1.91. The highest BCUT2D eigenvalue weighted by Crippen LogP contribution is 2.08. The molecule has 17 heavy (non-hydrogen) atoms. The lowest BCUT2D eigenvalue weighted by Crippen LogP contribution is -2.06. The number of nitrogens with zero attached hydrogens (tertiary/aromatic N) is 4. The number of aromatic nitrogens is 4. The van der Waals surface area contributed by atoms with Gasteiger partial charge in [0.05, 0.1) is 29.7 Å². The lowest BCUT2D eigenvalue weighted by atomic mass is 10.4. The lowest BCUT2D eigenvalue weighted by Gasteiger charge is -2.05. The van der Waals surface area contributed by atoms with Gasteiger partial charge >= 0.3 is 0 Å². The minimum absolute atomic E-state index is 0.517. The largest absolute Gasteiger partial charge is 0.349 e. The Morgan fingerprint density at radius 1 is 1.29 bits per heavy atom. The van der Waals surface area contributed by atoms with Crippen LogP contribution in [0.25, 0.3) is 0 Å². The highest BCUT2D eigenvalue weighted by Gasteiger charge is 2.01. The number of aryl methyl sites for hydroxylation is 1. The molecule has 0 aliphatic carbocycles. The van der Waals surface area contributed by atoms with Crippen LogP contribution < -0.4 is 5.32 Å². The summed E-state index contributed by atoms with van der Waals surface area (Å²) in [6.45, 7) is 2.42. The molecule has 2 aromatic rings. The van der Waals surface area contributed by atoms with Crippen LogP contribution in [0.3, 0.4) is 0 Å². The number of hydrogen-bond acceptors (Lipinski definition) is 5. The summed E-state index contributed by atoms with van der Waals surface area (Å²) in [5.41, 5.74) is 0.903. The predicted molar refractivity (Wildman–Crippen MR) is 73.9 cm³/mol. The number of anilines is 1. The van der Waals surface area contributed by atoms with Gasteiger partial charge in [0.15, 0.2) is 0 Å². The maximum atomic E-state index is 5.70. The summed E-state index contributed by atoms with van der Waals surface area (Å²) < 4.78 is 0.920. The topological polar surface area (TPSA) is 63.6 Å². The van der Waals surface area contributed by atoms with Crippen LogP contribution in [0.1, 0.15) is 11.5 Å². The van der Waals surface area contributed by atoms with Gasteiger partial charge in [-0.25, -0.2) is 19.9 Å². The molecular weight excluding hydrogens is 353 g/mol. The van der Waals surface area contributed by atoms with Crippen LogP contribution in [0.2, 0.25) is 5.02 Å². The van der Waals surface area contributed by atoms with Crippen molar-refractivity contribution in [2.75, 3.05) is 5.32 Å². The zero-order valence-electron chi connectivity index (χ0n) is 8.98. The van der Waals surface area contributed by atoms with E-state index in [2.05, 4.69) is 47.8 Å². The molecule has 88 valence electrons. The maximum absolute atomic E-state index is 5.70. The molecule has 5 nitrogen and oxygen atoms in total. The molecule has 2 rings (SSSR count). The summed E-state index contributed by atoms with van der Waals surface area (Å²) in [5.74, 6) is 1.28. The van der Waals surface area contributed by atoms with Crippen LogP contribution >= 0.6 is 34.2 Å². The molecular formula is C10H9ClIN5. The summed E-state index contributed by atoms with van der Waals surface area (Å²) in [5, 5.41) is 3.58. The maximum Gasteiger partial charge on any atom is 0.222 e. The van der Waals surface area contributed by atoms with Gasteiger partial charge in [-0.15, -0.1) is 0 Å².